The molecule has 0 saturated carbocycles. The zero-order valence-electron chi connectivity index (χ0n) is 12.0. The summed E-state index contributed by atoms with van der Waals surface area (Å²) < 4.78 is 6.79. The van der Waals surface area contributed by atoms with Gasteiger partial charge in [-0.25, -0.2) is 0 Å². The second-order valence-corrected chi connectivity index (χ2v) is 7.46. The van der Waals surface area contributed by atoms with Crippen molar-refractivity contribution in [2.45, 2.75) is 39.8 Å². The quantitative estimate of drug-likeness (QED) is 0.888. The smallest absolute Gasteiger partial charge is 0.299 e. The van der Waals surface area contributed by atoms with E-state index in [4.69, 9.17) is 4.74 Å². The molecule has 0 unspecified atom stereocenters. The molecule has 0 atom stereocenters. The van der Waals surface area contributed by atoms with Crippen LogP contribution < -0.4 is 10.1 Å². The van der Waals surface area contributed by atoms with E-state index in [2.05, 4.69) is 52.2 Å². The van der Waals surface area contributed by atoms with E-state index in [0.717, 1.165) is 20.8 Å². The number of nitrogens with zero attached hydrogens (tertiary/aromatic N) is 2. The van der Waals surface area contributed by atoms with Crippen molar-refractivity contribution < 1.29 is 4.74 Å². The van der Waals surface area contributed by atoms with Gasteiger partial charge in [0, 0.05) is 10.0 Å². The Balaban J connectivity index is 2.00. The van der Waals surface area contributed by atoms with Crippen LogP contribution in [0.3, 0.4) is 0 Å². The van der Waals surface area contributed by atoms with Gasteiger partial charge in [0.25, 0.3) is 5.19 Å². The molecule has 1 N–H and O–H groups in total. The lowest BCUT2D eigenvalue weighted by atomic mass is 10.1. The zero-order chi connectivity index (χ0) is 14.8. The van der Waals surface area contributed by atoms with Crippen LogP contribution in [0, 0.1) is 6.92 Å². The molecule has 0 aliphatic carbocycles. The summed E-state index contributed by atoms with van der Waals surface area (Å²) in [5, 5.41) is 13.1. The van der Waals surface area contributed by atoms with Crippen LogP contribution in [0.25, 0.3) is 0 Å². The van der Waals surface area contributed by atoms with Crippen molar-refractivity contribution in [3.05, 3.63) is 33.2 Å². The lowest BCUT2D eigenvalue weighted by molar-refractivity contribution is 0.423. The predicted molar refractivity (Wildman–Crippen MR) is 85.5 cm³/mol. The molecule has 4 nitrogen and oxygen atoms in total. The molecule has 1 heterocycles. The zero-order valence-corrected chi connectivity index (χ0v) is 14.4. The maximum absolute atomic E-state index is 5.72. The summed E-state index contributed by atoms with van der Waals surface area (Å²) in [6.45, 7) is 9.09. The van der Waals surface area contributed by atoms with Gasteiger partial charge in [0.15, 0.2) is 0 Å². The molecule has 108 valence electrons. The summed E-state index contributed by atoms with van der Waals surface area (Å²) in [7, 11) is 0. The highest BCUT2D eigenvalue weighted by Gasteiger charge is 2.12. The third kappa shape index (κ3) is 4.54. The molecule has 2 aromatic rings. The second kappa shape index (κ2) is 6.20. The lowest BCUT2D eigenvalue weighted by Gasteiger charge is -2.19. The van der Waals surface area contributed by atoms with Gasteiger partial charge in [-0.1, -0.05) is 32.4 Å². The van der Waals surface area contributed by atoms with E-state index < -0.39 is 0 Å². The van der Waals surface area contributed by atoms with E-state index in [9.17, 15) is 0 Å². The molecule has 0 aliphatic rings. The van der Waals surface area contributed by atoms with Crippen LogP contribution in [0.15, 0.2) is 22.7 Å². The van der Waals surface area contributed by atoms with Gasteiger partial charge in [0.2, 0.25) is 0 Å². The van der Waals surface area contributed by atoms with Gasteiger partial charge in [-0.15, -0.1) is 5.10 Å². The SMILES string of the molecule is Cc1cc(Oc2nnc(CNC(C)(C)C)s2)ccc1Br. The van der Waals surface area contributed by atoms with E-state index in [0.29, 0.717) is 11.7 Å². The molecule has 1 aromatic carbocycles. The predicted octanol–water partition coefficient (Wildman–Crippen LogP) is 4.29. The van der Waals surface area contributed by atoms with E-state index in [1.54, 1.807) is 0 Å². The summed E-state index contributed by atoms with van der Waals surface area (Å²) in [5.74, 6) is 0.775. The number of rotatable bonds is 4. The Morgan fingerprint density at radius 1 is 1.30 bits per heavy atom. The lowest BCUT2D eigenvalue weighted by Crippen LogP contribution is -2.35. The van der Waals surface area contributed by atoms with Gasteiger partial charge in [-0.3, -0.25) is 0 Å². The molecule has 0 amide bonds. The highest BCUT2D eigenvalue weighted by molar-refractivity contribution is 9.10. The topological polar surface area (TPSA) is 47.0 Å². The largest absolute Gasteiger partial charge is 0.430 e. The summed E-state index contributed by atoms with van der Waals surface area (Å²) in [6.07, 6.45) is 0. The van der Waals surface area contributed by atoms with Crippen molar-refractivity contribution in [2.75, 3.05) is 0 Å². The van der Waals surface area contributed by atoms with Crippen LogP contribution in [-0.4, -0.2) is 15.7 Å². The number of aryl methyl sites for hydroxylation is 1. The molecule has 0 radical (unpaired) electrons. The van der Waals surface area contributed by atoms with Crippen LogP contribution in [0.2, 0.25) is 0 Å². The van der Waals surface area contributed by atoms with Crippen LogP contribution in [-0.2, 0) is 6.54 Å². The Labute approximate surface area is 131 Å². The average Bonchev–Trinajstić information content (AvgIpc) is 2.78. The van der Waals surface area contributed by atoms with Crippen molar-refractivity contribution in [2.24, 2.45) is 0 Å². The minimum Gasteiger partial charge on any atom is -0.430 e. The van der Waals surface area contributed by atoms with Gasteiger partial charge >= 0.3 is 0 Å². The summed E-state index contributed by atoms with van der Waals surface area (Å²) in [6, 6.07) is 5.85. The third-order valence-electron chi connectivity index (χ3n) is 2.55. The summed E-state index contributed by atoms with van der Waals surface area (Å²) in [5.41, 5.74) is 1.19. The average molecular weight is 356 g/mol. The Morgan fingerprint density at radius 2 is 2.05 bits per heavy atom. The van der Waals surface area contributed by atoms with Gasteiger partial charge in [-0.05, 0) is 51.5 Å². The van der Waals surface area contributed by atoms with E-state index in [-0.39, 0.29) is 5.54 Å². The maximum Gasteiger partial charge on any atom is 0.299 e. The minimum absolute atomic E-state index is 0.0650. The summed E-state index contributed by atoms with van der Waals surface area (Å²) in [4.78, 5) is 0. The number of hydrogen-bond acceptors (Lipinski definition) is 5. The molecule has 2 rings (SSSR count). The van der Waals surface area contributed by atoms with Crippen LogP contribution in [0.1, 0.15) is 31.3 Å². The molecule has 1 aromatic heterocycles. The van der Waals surface area contributed by atoms with Crippen molar-refractivity contribution >= 4 is 27.3 Å². The number of nitrogens with one attached hydrogen (secondary N) is 1. The second-order valence-electron chi connectivity index (χ2n) is 5.58. The first-order valence-corrected chi connectivity index (χ1v) is 7.96. The number of halogens is 1. The first-order chi connectivity index (χ1) is 9.33. The fourth-order valence-corrected chi connectivity index (χ4v) is 2.37. The van der Waals surface area contributed by atoms with Crippen molar-refractivity contribution in [3.63, 3.8) is 0 Å². The maximum atomic E-state index is 5.72. The minimum atomic E-state index is 0.0650. The molecule has 0 spiro atoms. The van der Waals surface area contributed by atoms with Crippen LogP contribution >= 0.6 is 27.3 Å². The molecular formula is C14H18BrN3OS. The molecule has 6 heteroatoms. The number of hydrogen-bond donors (Lipinski definition) is 1. The number of aromatic nitrogens is 2. The normalized spacial score (nSPS) is 11.7. The van der Waals surface area contributed by atoms with Gasteiger partial charge in [-0.2, -0.15) is 0 Å². The van der Waals surface area contributed by atoms with E-state index in [1.807, 2.05) is 25.1 Å². The molecule has 0 fully saturated rings. The van der Waals surface area contributed by atoms with Crippen LogP contribution in [0.4, 0.5) is 0 Å². The fourth-order valence-electron chi connectivity index (χ4n) is 1.47. The highest BCUT2D eigenvalue weighted by atomic mass is 79.9. The number of ether oxygens (including phenoxy) is 1. The monoisotopic (exact) mass is 355 g/mol. The Kier molecular flexibility index (Phi) is 4.78. The molecule has 0 bridgehead atoms. The van der Waals surface area contributed by atoms with Crippen LogP contribution in [0.5, 0.6) is 10.9 Å². The summed E-state index contributed by atoms with van der Waals surface area (Å²) >= 11 is 4.93. The Hall–Kier alpha value is -0.980. The highest BCUT2D eigenvalue weighted by Crippen LogP contribution is 2.28. The molecule has 0 saturated heterocycles. The first kappa shape index (κ1) is 15.4. The molecular weight excluding hydrogens is 338 g/mol. The molecule has 20 heavy (non-hydrogen) atoms. The third-order valence-corrected chi connectivity index (χ3v) is 4.24. The van der Waals surface area contributed by atoms with E-state index in [1.165, 1.54) is 11.3 Å². The van der Waals surface area contributed by atoms with Gasteiger partial charge in [0.1, 0.15) is 10.8 Å². The Bertz CT molecular complexity index is 592. The standard InChI is InChI=1S/C14H18BrN3OS/c1-9-7-10(5-6-11(9)15)19-13-18-17-12(20-13)8-16-14(2,3)4/h5-7,16H,8H2,1-4H3. The van der Waals surface area contributed by atoms with Gasteiger partial charge < -0.3 is 10.1 Å². The van der Waals surface area contributed by atoms with E-state index >= 15 is 0 Å². The number of benzene rings is 1. The Morgan fingerprint density at radius 3 is 2.70 bits per heavy atom. The first-order valence-electron chi connectivity index (χ1n) is 6.35. The fraction of sp³-hybridized carbons (Fsp3) is 0.429. The van der Waals surface area contributed by atoms with Gasteiger partial charge in [0.05, 0.1) is 6.54 Å². The molecule has 0 aliphatic heterocycles. The van der Waals surface area contributed by atoms with Crippen molar-refractivity contribution in [1.29, 1.82) is 0 Å². The van der Waals surface area contributed by atoms with Crippen molar-refractivity contribution in [3.8, 4) is 10.9 Å². The van der Waals surface area contributed by atoms with Crippen molar-refractivity contribution in [1.82, 2.24) is 15.5 Å².